The van der Waals surface area contributed by atoms with E-state index < -0.39 is 0 Å². The third-order valence-corrected chi connectivity index (χ3v) is 6.28. The van der Waals surface area contributed by atoms with Gasteiger partial charge in [-0.3, -0.25) is 14.6 Å². The van der Waals surface area contributed by atoms with Crippen LogP contribution in [0.1, 0.15) is 53.9 Å². The number of likely N-dealkylation sites (tertiary alicyclic amines) is 1. The maximum atomic E-state index is 4.54. The first-order valence-electron chi connectivity index (χ1n) is 11.2. The SMILES string of the molecule is CN=C(NCC(c1ccc(C)cc1)N1CCCC1)NC(C)Cc1c(C)nn(C)c1C. The quantitative estimate of drug-likeness (QED) is 0.543. The molecule has 2 unspecified atom stereocenters. The monoisotopic (exact) mass is 410 g/mol. The van der Waals surface area contributed by atoms with E-state index in [0.29, 0.717) is 6.04 Å². The highest BCUT2D eigenvalue weighted by molar-refractivity contribution is 5.80. The first kappa shape index (κ1) is 22.3. The van der Waals surface area contributed by atoms with Crippen LogP contribution in [0, 0.1) is 20.8 Å². The zero-order valence-electron chi connectivity index (χ0n) is 19.5. The highest BCUT2D eigenvalue weighted by Crippen LogP contribution is 2.25. The fraction of sp³-hybridized carbons (Fsp3) is 0.583. The zero-order valence-corrected chi connectivity index (χ0v) is 19.5. The predicted molar refractivity (Wildman–Crippen MR) is 125 cm³/mol. The van der Waals surface area contributed by atoms with E-state index in [9.17, 15) is 0 Å². The minimum Gasteiger partial charge on any atom is -0.354 e. The van der Waals surface area contributed by atoms with Gasteiger partial charge in [0.05, 0.1) is 11.7 Å². The lowest BCUT2D eigenvalue weighted by molar-refractivity contribution is 0.245. The Bertz CT molecular complexity index is 845. The molecule has 6 nitrogen and oxygen atoms in total. The van der Waals surface area contributed by atoms with Gasteiger partial charge in [-0.25, -0.2) is 0 Å². The minimum atomic E-state index is 0.266. The molecule has 6 heteroatoms. The Morgan fingerprint density at radius 3 is 2.37 bits per heavy atom. The third kappa shape index (κ3) is 5.42. The molecule has 164 valence electrons. The Kier molecular flexibility index (Phi) is 7.53. The smallest absolute Gasteiger partial charge is 0.191 e. The van der Waals surface area contributed by atoms with Crippen LogP contribution < -0.4 is 10.6 Å². The van der Waals surface area contributed by atoms with Crippen LogP contribution in [0.15, 0.2) is 29.3 Å². The standard InChI is InChI=1S/C24H38N6/c1-17-9-11-21(12-10-17)23(30-13-7-8-14-30)16-26-24(25-5)27-18(2)15-22-19(3)28-29(6)20(22)4/h9-12,18,23H,7-8,13-16H2,1-6H3,(H2,25,26,27). The van der Waals surface area contributed by atoms with Crippen molar-refractivity contribution in [1.29, 1.82) is 0 Å². The number of hydrogen-bond donors (Lipinski definition) is 2. The van der Waals surface area contributed by atoms with E-state index in [0.717, 1.165) is 24.6 Å². The summed E-state index contributed by atoms with van der Waals surface area (Å²) in [5.74, 6) is 0.859. The van der Waals surface area contributed by atoms with Crippen LogP contribution in [-0.2, 0) is 13.5 Å². The molecule has 30 heavy (non-hydrogen) atoms. The van der Waals surface area contributed by atoms with Crippen LogP contribution in [0.4, 0.5) is 0 Å². The second kappa shape index (κ2) is 10.1. The number of benzene rings is 1. The fourth-order valence-electron chi connectivity index (χ4n) is 4.39. The lowest BCUT2D eigenvalue weighted by atomic mass is 10.0. The van der Waals surface area contributed by atoms with Gasteiger partial charge in [0.1, 0.15) is 0 Å². The highest BCUT2D eigenvalue weighted by Gasteiger charge is 2.24. The highest BCUT2D eigenvalue weighted by atomic mass is 15.3. The molecule has 1 saturated heterocycles. The first-order valence-corrected chi connectivity index (χ1v) is 11.2. The molecule has 2 N–H and O–H groups in total. The van der Waals surface area contributed by atoms with Gasteiger partial charge in [-0.15, -0.1) is 0 Å². The number of aliphatic imine (C=N–C) groups is 1. The number of aryl methyl sites for hydroxylation is 3. The van der Waals surface area contributed by atoms with Crippen LogP contribution in [0.25, 0.3) is 0 Å². The van der Waals surface area contributed by atoms with E-state index in [1.165, 1.54) is 48.3 Å². The second-order valence-corrected chi connectivity index (χ2v) is 8.65. The Morgan fingerprint density at radius 1 is 1.13 bits per heavy atom. The minimum absolute atomic E-state index is 0.266. The number of nitrogens with one attached hydrogen (secondary N) is 2. The lowest BCUT2D eigenvalue weighted by Gasteiger charge is -2.29. The molecular weight excluding hydrogens is 372 g/mol. The number of nitrogens with zero attached hydrogens (tertiary/aromatic N) is 4. The van der Waals surface area contributed by atoms with Crippen molar-refractivity contribution in [2.45, 2.75) is 59.0 Å². The van der Waals surface area contributed by atoms with Crippen LogP contribution in [0.3, 0.4) is 0 Å². The summed E-state index contributed by atoms with van der Waals surface area (Å²) in [5, 5.41) is 11.7. The maximum Gasteiger partial charge on any atom is 0.191 e. The van der Waals surface area contributed by atoms with Gasteiger partial charge in [0, 0.05) is 32.4 Å². The van der Waals surface area contributed by atoms with E-state index in [4.69, 9.17) is 0 Å². The summed E-state index contributed by atoms with van der Waals surface area (Å²) < 4.78 is 1.96. The molecule has 1 aromatic heterocycles. The van der Waals surface area contributed by atoms with Crippen LogP contribution in [0.5, 0.6) is 0 Å². The fourth-order valence-corrected chi connectivity index (χ4v) is 4.39. The zero-order chi connectivity index (χ0) is 21.7. The van der Waals surface area contributed by atoms with Crippen LogP contribution in [0.2, 0.25) is 0 Å². The third-order valence-electron chi connectivity index (χ3n) is 6.28. The largest absolute Gasteiger partial charge is 0.354 e. The normalized spacial score (nSPS) is 17.2. The predicted octanol–water partition coefficient (Wildman–Crippen LogP) is 3.28. The van der Waals surface area contributed by atoms with E-state index in [-0.39, 0.29) is 6.04 Å². The van der Waals surface area contributed by atoms with Gasteiger partial charge in [-0.2, -0.15) is 5.10 Å². The van der Waals surface area contributed by atoms with Gasteiger partial charge >= 0.3 is 0 Å². The Balaban J connectivity index is 1.62. The van der Waals surface area contributed by atoms with Crippen molar-refractivity contribution in [1.82, 2.24) is 25.3 Å². The maximum absolute atomic E-state index is 4.54. The number of rotatable bonds is 7. The molecule has 0 aliphatic carbocycles. The second-order valence-electron chi connectivity index (χ2n) is 8.65. The molecule has 1 fully saturated rings. The van der Waals surface area contributed by atoms with Gasteiger partial charge in [-0.1, -0.05) is 29.8 Å². The summed E-state index contributed by atoms with van der Waals surface area (Å²) in [4.78, 5) is 7.08. The molecule has 0 amide bonds. The molecule has 2 aromatic rings. The van der Waals surface area contributed by atoms with Crippen molar-refractivity contribution >= 4 is 5.96 Å². The van der Waals surface area contributed by atoms with Crippen molar-refractivity contribution in [2.75, 3.05) is 26.7 Å². The summed E-state index contributed by atoms with van der Waals surface area (Å²) in [6.45, 7) is 11.8. The van der Waals surface area contributed by atoms with Crippen LogP contribution in [-0.4, -0.2) is 53.4 Å². The van der Waals surface area contributed by atoms with Gasteiger partial charge in [0.2, 0.25) is 0 Å². The number of guanidine groups is 1. The molecular formula is C24H38N6. The summed E-state index contributed by atoms with van der Waals surface area (Å²) in [7, 11) is 3.85. The average Bonchev–Trinajstić information content (AvgIpc) is 3.33. The molecule has 1 aromatic carbocycles. The van der Waals surface area contributed by atoms with E-state index in [1.54, 1.807) is 0 Å². The van der Waals surface area contributed by atoms with Crippen molar-refractivity contribution < 1.29 is 0 Å². The molecule has 2 atom stereocenters. The van der Waals surface area contributed by atoms with E-state index in [1.807, 2.05) is 18.8 Å². The molecule has 0 spiro atoms. The lowest BCUT2D eigenvalue weighted by Crippen LogP contribution is -2.46. The van der Waals surface area contributed by atoms with Crippen molar-refractivity contribution in [3.05, 3.63) is 52.3 Å². The Labute approximate surface area is 181 Å². The molecule has 1 aliphatic rings. The van der Waals surface area contributed by atoms with Gasteiger partial charge < -0.3 is 10.6 Å². The molecule has 2 heterocycles. The molecule has 3 rings (SSSR count). The van der Waals surface area contributed by atoms with Gasteiger partial charge in [-0.05, 0) is 71.2 Å². The topological polar surface area (TPSA) is 57.5 Å². The van der Waals surface area contributed by atoms with Crippen molar-refractivity contribution in [2.24, 2.45) is 12.0 Å². The average molecular weight is 411 g/mol. The molecule has 0 radical (unpaired) electrons. The van der Waals surface area contributed by atoms with Gasteiger partial charge in [0.15, 0.2) is 5.96 Å². The number of aromatic nitrogens is 2. The van der Waals surface area contributed by atoms with Gasteiger partial charge in [0.25, 0.3) is 0 Å². The van der Waals surface area contributed by atoms with Crippen molar-refractivity contribution in [3.8, 4) is 0 Å². The summed E-state index contributed by atoms with van der Waals surface area (Å²) in [6.07, 6.45) is 3.51. The Hall–Kier alpha value is -2.34. The molecule has 1 aliphatic heterocycles. The summed E-state index contributed by atoms with van der Waals surface area (Å²) in [6, 6.07) is 9.60. The van der Waals surface area contributed by atoms with E-state index >= 15 is 0 Å². The molecule has 0 saturated carbocycles. The van der Waals surface area contributed by atoms with E-state index in [2.05, 4.69) is 77.6 Å². The summed E-state index contributed by atoms with van der Waals surface area (Å²) in [5.41, 5.74) is 6.35. The van der Waals surface area contributed by atoms with Crippen molar-refractivity contribution in [3.63, 3.8) is 0 Å². The number of hydrogen-bond acceptors (Lipinski definition) is 3. The first-order chi connectivity index (χ1) is 14.4. The summed E-state index contributed by atoms with van der Waals surface area (Å²) >= 11 is 0. The van der Waals surface area contributed by atoms with Crippen LogP contribution >= 0.6 is 0 Å². The Morgan fingerprint density at radius 2 is 1.80 bits per heavy atom. The molecule has 0 bridgehead atoms.